The third-order valence-electron chi connectivity index (χ3n) is 1.45. The van der Waals surface area contributed by atoms with E-state index in [2.05, 4.69) is 12.1 Å². The second-order valence-corrected chi connectivity index (χ2v) is 2.43. The van der Waals surface area contributed by atoms with Crippen molar-refractivity contribution in [3.05, 3.63) is 30.3 Å². The van der Waals surface area contributed by atoms with Crippen molar-refractivity contribution >= 4 is 0 Å². The van der Waals surface area contributed by atoms with E-state index in [1.165, 1.54) is 0 Å². The summed E-state index contributed by atoms with van der Waals surface area (Å²) in [7, 11) is 0. The van der Waals surface area contributed by atoms with Gasteiger partial charge in [-0.25, -0.2) is 0 Å². The molecule has 1 aliphatic heterocycles. The van der Waals surface area contributed by atoms with Crippen molar-refractivity contribution < 1.29 is 9.47 Å². The minimum Gasteiger partial charge on any atom is -0.483 e. The van der Waals surface area contributed by atoms with Gasteiger partial charge in [-0.1, -0.05) is 19.9 Å². The molecule has 1 atom stereocenters. The number of hydrogen-bond acceptors (Lipinski definition) is 2. The first-order valence-electron chi connectivity index (χ1n) is 4.58. The SMILES string of the molecule is CC.c1cccc(OCC2CO2)c#1. The van der Waals surface area contributed by atoms with Crippen molar-refractivity contribution in [3.8, 4) is 5.75 Å². The van der Waals surface area contributed by atoms with E-state index in [0.29, 0.717) is 12.7 Å². The van der Waals surface area contributed by atoms with E-state index in [4.69, 9.17) is 9.47 Å². The van der Waals surface area contributed by atoms with Crippen molar-refractivity contribution in [1.29, 1.82) is 0 Å². The zero-order chi connectivity index (χ0) is 9.52. The number of ether oxygens (including phenoxy) is 2. The Morgan fingerprint density at radius 1 is 1.62 bits per heavy atom. The minimum atomic E-state index is 0.309. The Bertz CT molecular complexity index is 217. The van der Waals surface area contributed by atoms with Crippen LogP contribution in [0, 0.1) is 12.1 Å². The molecule has 0 spiro atoms. The van der Waals surface area contributed by atoms with Crippen molar-refractivity contribution in [1.82, 2.24) is 0 Å². The summed E-state index contributed by atoms with van der Waals surface area (Å²) in [4.78, 5) is 0. The van der Waals surface area contributed by atoms with Gasteiger partial charge in [0.15, 0.2) is 5.75 Å². The van der Waals surface area contributed by atoms with Crippen LogP contribution in [-0.4, -0.2) is 19.3 Å². The highest BCUT2D eigenvalue weighted by Gasteiger charge is 2.22. The number of hydrogen-bond donors (Lipinski definition) is 0. The zero-order valence-electron chi connectivity index (χ0n) is 8.04. The van der Waals surface area contributed by atoms with Crippen LogP contribution < -0.4 is 4.74 Å². The second-order valence-electron chi connectivity index (χ2n) is 2.43. The van der Waals surface area contributed by atoms with E-state index in [0.717, 1.165) is 12.4 Å². The second kappa shape index (κ2) is 5.45. The molecule has 2 rings (SSSR count). The van der Waals surface area contributed by atoms with E-state index in [1.807, 2.05) is 26.0 Å². The molecule has 0 saturated carbocycles. The van der Waals surface area contributed by atoms with Gasteiger partial charge >= 0.3 is 0 Å². The fourth-order valence-electron chi connectivity index (χ4n) is 0.769. The maximum Gasteiger partial charge on any atom is 0.170 e. The van der Waals surface area contributed by atoms with Crippen molar-refractivity contribution in [2.24, 2.45) is 0 Å². The van der Waals surface area contributed by atoms with Gasteiger partial charge in [0.25, 0.3) is 0 Å². The maximum absolute atomic E-state index is 5.32. The lowest BCUT2D eigenvalue weighted by Crippen LogP contribution is -2.03. The van der Waals surface area contributed by atoms with Gasteiger partial charge in [-0.3, -0.25) is 0 Å². The van der Waals surface area contributed by atoms with Crippen LogP contribution in [0.3, 0.4) is 0 Å². The molecule has 1 unspecified atom stereocenters. The quantitative estimate of drug-likeness (QED) is 0.661. The van der Waals surface area contributed by atoms with Crippen LogP contribution in [0.1, 0.15) is 13.8 Å². The molecule has 1 heterocycles. The molecule has 1 fully saturated rings. The first-order valence-corrected chi connectivity index (χ1v) is 4.58. The molecule has 1 aromatic carbocycles. The highest BCUT2D eigenvalue weighted by Crippen LogP contribution is 2.11. The first kappa shape index (κ1) is 9.88. The smallest absolute Gasteiger partial charge is 0.170 e. The molecule has 70 valence electrons. The van der Waals surface area contributed by atoms with Crippen LogP contribution in [0.4, 0.5) is 0 Å². The summed E-state index contributed by atoms with van der Waals surface area (Å²) >= 11 is 0. The lowest BCUT2D eigenvalue weighted by Gasteiger charge is -1.98. The van der Waals surface area contributed by atoms with Crippen LogP contribution >= 0.6 is 0 Å². The first-order chi connectivity index (χ1) is 6.45. The fourth-order valence-corrected chi connectivity index (χ4v) is 0.769. The van der Waals surface area contributed by atoms with Gasteiger partial charge in [-0.15, -0.1) is 0 Å². The van der Waals surface area contributed by atoms with Crippen LogP contribution in [0.15, 0.2) is 18.2 Å². The largest absolute Gasteiger partial charge is 0.483 e. The highest BCUT2D eigenvalue weighted by molar-refractivity contribution is 5.14. The predicted molar refractivity (Wildman–Crippen MR) is 50.7 cm³/mol. The maximum atomic E-state index is 5.32. The van der Waals surface area contributed by atoms with Crippen molar-refractivity contribution in [3.63, 3.8) is 0 Å². The molecule has 0 radical (unpaired) electrons. The molecule has 0 bridgehead atoms. The van der Waals surface area contributed by atoms with Gasteiger partial charge in [0.1, 0.15) is 12.7 Å². The molecule has 2 heteroatoms. The molecular formula is C11H14O2. The summed E-state index contributed by atoms with van der Waals surface area (Å²) in [6.45, 7) is 5.46. The number of epoxide rings is 1. The van der Waals surface area contributed by atoms with E-state index in [9.17, 15) is 0 Å². The van der Waals surface area contributed by atoms with Gasteiger partial charge in [0.05, 0.1) is 6.61 Å². The monoisotopic (exact) mass is 178 g/mol. The molecule has 0 aliphatic carbocycles. The highest BCUT2D eigenvalue weighted by atomic mass is 16.6. The predicted octanol–water partition coefficient (Wildman–Crippen LogP) is 2.09. The Morgan fingerprint density at radius 3 is 2.92 bits per heavy atom. The standard InChI is InChI=1S/C9H8O2.C2H6/c1-2-4-8(5-3-1)10-6-9-7-11-9;1-2/h1-2,4,9H,6-7H2;1-2H3. The molecular weight excluding hydrogens is 164 g/mol. The molecule has 1 aliphatic rings. The summed E-state index contributed by atoms with van der Waals surface area (Å²) in [5.41, 5.74) is 0. The van der Waals surface area contributed by atoms with Crippen LogP contribution in [0.2, 0.25) is 0 Å². The Hall–Kier alpha value is -1.20. The van der Waals surface area contributed by atoms with Crippen molar-refractivity contribution in [2.75, 3.05) is 13.2 Å². The van der Waals surface area contributed by atoms with E-state index in [1.54, 1.807) is 6.07 Å². The van der Waals surface area contributed by atoms with E-state index < -0.39 is 0 Å². The van der Waals surface area contributed by atoms with Crippen LogP contribution in [-0.2, 0) is 4.74 Å². The third kappa shape index (κ3) is 3.82. The summed E-state index contributed by atoms with van der Waals surface area (Å²) in [5, 5.41) is 0. The lowest BCUT2D eigenvalue weighted by atomic mass is 10.4. The van der Waals surface area contributed by atoms with Gasteiger partial charge < -0.3 is 9.47 Å². The van der Waals surface area contributed by atoms with Gasteiger partial charge in [0.2, 0.25) is 0 Å². The summed E-state index contributed by atoms with van der Waals surface area (Å²) < 4.78 is 10.3. The van der Waals surface area contributed by atoms with Crippen molar-refractivity contribution in [2.45, 2.75) is 20.0 Å². The average molecular weight is 178 g/mol. The molecule has 2 nitrogen and oxygen atoms in total. The molecule has 0 aromatic heterocycles. The van der Waals surface area contributed by atoms with Gasteiger partial charge in [-0.2, -0.15) is 0 Å². The molecule has 13 heavy (non-hydrogen) atoms. The third-order valence-corrected chi connectivity index (χ3v) is 1.45. The Labute approximate surface area is 79.5 Å². The Morgan fingerprint density at radius 2 is 2.38 bits per heavy atom. The fraction of sp³-hybridized carbons (Fsp3) is 0.455. The van der Waals surface area contributed by atoms with Gasteiger partial charge in [-0.05, 0) is 24.3 Å². The zero-order valence-corrected chi connectivity index (χ0v) is 8.04. The summed E-state index contributed by atoms with van der Waals surface area (Å²) in [6, 6.07) is 11.2. The summed E-state index contributed by atoms with van der Waals surface area (Å²) in [5.74, 6) is 0.739. The molecule has 0 amide bonds. The average Bonchev–Trinajstić information content (AvgIpc) is 3.03. The Balaban J connectivity index is 0.000000396. The Kier molecular flexibility index (Phi) is 4.14. The topological polar surface area (TPSA) is 21.8 Å². The van der Waals surface area contributed by atoms with E-state index >= 15 is 0 Å². The molecule has 0 N–H and O–H groups in total. The minimum absolute atomic E-state index is 0.309. The molecule has 1 saturated heterocycles. The van der Waals surface area contributed by atoms with E-state index in [-0.39, 0.29) is 0 Å². The van der Waals surface area contributed by atoms with Crippen LogP contribution in [0.5, 0.6) is 5.75 Å². The molecule has 1 aromatic rings. The normalized spacial score (nSPS) is 17.8. The summed E-state index contributed by atoms with van der Waals surface area (Å²) in [6.07, 6.45) is 0.309. The van der Waals surface area contributed by atoms with Gasteiger partial charge in [0, 0.05) is 0 Å². The van der Waals surface area contributed by atoms with Crippen LogP contribution in [0.25, 0.3) is 0 Å². The lowest BCUT2D eigenvalue weighted by molar-refractivity contribution is 0.263. The number of rotatable bonds is 3.